The smallest absolute Gasteiger partial charge is 0.364 e. The molecule has 3 N–H and O–H groups in total. The molecule has 25 heavy (non-hydrogen) atoms. The number of allylic oxidation sites excluding steroid dienone is 4. The van der Waals surface area contributed by atoms with E-state index in [0.29, 0.717) is 12.8 Å². The number of carboxylic acids is 1. The van der Waals surface area contributed by atoms with Crippen molar-refractivity contribution in [3.63, 3.8) is 0 Å². The van der Waals surface area contributed by atoms with Gasteiger partial charge in [-0.25, -0.2) is 4.79 Å². The number of rotatable bonds is 12. The van der Waals surface area contributed by atoms with Gasteiger partial charge >= 0.3 is 5.97 Å². The molecule has 2 atom stereocenters. The van der Waals surface area contributed by atoms with Gasteiger partial charge < -0.3 is 15.3 Å². The number of carboxylic acid groups (broad SMARTS) is 1. The molecule has 1 fully saturated rings. The summed E-state index contributed by atoms with van der Waals surface area (Å²) in [5.74, 6) is -3.76. The quantitative estimate of drug-likeness (QED) is 0.283. The third kappa shape index (κ3) is 7.97. The van der Waals surface area contributed by atoms with E-state index in [2.05, 4.69) is 19.1 Å². The molecule has 1 aliphatic rings. The Kier molecular flexibility index (Phi) is 9.68. The number of aliphatic hydroxyl groups is 2. The van der Waals surface area contributed by atoms with E-state index < -0.39 is 11.8 Å². The molecule has 142 valence electrons. The molecule has 0 amide bonds. The van der Waals surface area contributed by atoms with Crippen molar-refractivity contribution in [1.82, 2.24) is 0 Å². The van der Waals surface area contributed by atoms with Gasteiger partial charge in [-0.15, -0.1) is 0 Å². The largest absolute Gasteiger partial charge is 0.477 e. The van der Waals surface area contributed by atoms with Gasteiger partial charge in [0.25, 0.3) is 5.79 Å². The van der Waals surface area contributed by atoms with E-state index >= 15 is 0 Å². The van der Waals surface area contributed by atoms with Gasteiger partial charge in [-0.05, 0) is 38.0 Å². The first kappa shape index (κ1) is 21.6. The topological polar surface area (TPSA) is 94.8 Å². The highest BCUT2D eigenvalue weighted by Gasteiger charge is 2.32. The summed E-state index contributed by atoms with van der Waals surface area (Å²) >= 11 is 0. The highest BCUT2D eigenvalue weighted by molar-refractivity contribution is 5.83. The van der Waals surface area contributed by atoms with Gasteiger partial charge in [-0.1, -0.05) is 50.5 Å². The molecule has 5 heteroatoms. The molecule has 0 aliphatic heterocycles. The van der Waals surface area contributed by atoms with Crippen molar-refractivity contribution in [2.75, 3.05) is 0 Å². The Bertz CT molecular complexity index is 478. The van der Waals surface area contributed by atoms with Gasteiger partial charge in [-0.3, -0.25) is 4.79 Å². The fourth-order valence-electron chi connectivity index (χ4n) is 3.18. The minimum atomic E-state index is -2.68. The zero-order valence-corrected chi connectivity index (χ0v) is 15.2. The predicted molar refractivity (Wildman–Crippen MR) is 96.9 cm³/mol. The van der Waals surface area contributed by atoms with Crippen LogP contribution in [0.3, 0.4) is 0 Å². The van der Waals surface area contributed by atoms with Gasteiger partial charge in [0.2, 0.25) is 0 Å². The number of carbonyl (C=O) groups excluding carboxylic acids is 1. The molecule has 0 saturated heterocycles. The van der Waals surface area contributed by atoms with E-state index in [4.69, 9.17) is 5.11 Å². The molecule has 0 aromatic heterocycles. The maximum absolute atomic E-state index is 12.0. The summed E-state index contributed by atoms with van der Waals surface area (Å²) in [5, 5.41) is 27.1. The number of aliphatic carboxylic acids is 1. The number of ketones is 1. The molecule has 1 saturated carbocycles. The van der Waals surface area contributed by atoms with Gasteiger partial charge in [-0.2, -0.15) is 0 Å². The number of unbranched alkanes of at least 4 members (excludes halogenated alkanes) is 4. The van der Waals surface area contributed by atoms with Crippen LogP contribution in [0.4, 0.5) is 0 Å². The Hall–Kier alpha value is -1.46. The number of Topliss-reactive ketones (excluding diaryl/α,β-unsaturated/α-hetero) is 1. The Morgan fingerprint density at radius 1 is 1.16 bits per heavy atom. The van der Waals surface area contributed by atoms with E-state index in [1.807, 2.05) is 6.08 Å². The first-order valence-electron chi connectivity index (χ1n) is 9.41. The molecular weight excluding hydrogens is 320 g/mol. The summed E-state index contributed by atoms with van der Waals surface area (Å²) in [7, 11) is 0. The highest BCUT2D eigenvalue weighted by atomic mass is 16.5. The fourth-order valence-corrected chi connectivity index (χ4v) is 3.18. The molecule has 0 bridgehead atoms. The van der Waals surface area contributed by atoms with Gasteiger partial charge in [0.15, 0.2) is 0 Å². The lowest BCUT2D eigenvalue weighted by Gasteiger charge is -2.15. The first-order valence-corrected chi connectivity index (χ1v) is 9.41. The lowest BCUT2D eigenvalue weighted by molar-refractivity contribution is -0.205. The van der Waals surface area contributed by atoms with E-state index in [1.165, 1.54) is 25.7 Å². The Morgan fingerprint density at radius 3 is 2.60 bits per heavy atom. The molecule has 1 rings (SSSR count). The maximum atomic E-state index is 12.0. The normalized spacial score (nSPS) is 21.6. The van der Waals surface area contributed by atoms with Crippen molar-refractivity contribution < 1.29 is 24.9 Å². The van der Waals surface area contributed by atoms with Crippen LogP contribution in [0.25, 0.3) is 0 Å². The molecule has 1 aliphatic carbocycles. The van der Waals surface area contributed by atoms with Gasteiger partial charge in [0.1, 0.15) is 5.78 Å². The zero-order chi connectivity index (χ0) is 18.7. The summed E-state index contributed by atoms with van der Waals surface area (Å²) in [6.45, 7) is 2.20. The average Bonchev–Trinajstić information content (AvgIpc) is 2.90. The second-order valence-electron chi connectivity index (χ2n) is 6.92. The SMILES string of the molecule is CCCCCC/C=C/[C@H]1CCC(=O)[C@@H]1C/C=C\CCC(O)(O)C(=O)O. The summed E-state index contributed by atoms with van der Waals surface area (Å²) in [6.07, 6.45) is 16.1. The van der Waals surface area contributed by atoms with Crippen LogP contribution >= 0.6 is 0 Å². The van der Waals surface area contributed by atoms with E-state index in [9.17, 15) is 19.8 Å². The van der Waals surface area contributed by atoms with Gasteiger partial charge in [0.05, 0.1) is 0 Å². The van der Waals surface area contributed by atoms with E-state index in [1.54, 1.807) is 6.08 Å². The fraction of sp³-hybridized carbons (Fsp3) is 0.700. The first-order chi connectivity index (χ1) is 11.9. The maximum Gasteiger partial charge on any atom is 0.364 e. The van der Waals surface area contributed by atoms with E-state index in [0.717, 1.165) is 12.8 Å². The lowest BCUT2D eigenvalue weighted by Crippen LogP contribution is -2.37. The van der Waals surface area contributed by atoms with Crippen molar-refractivity contribution in [1.29, 1.82) is 0 Å². The van der Waals surface area contributed by atoms with Crippen LogP contribution in [-0.2, 0) is 9.59 Å². The summed E-state index contributed by atoms with van der Waals surface area (Å²) in [4.78, 5) is 22.6. The Balaban J connectivity index is 2.36. The highest BCUT2D eigenvalue weighted by Crippen LogP contribution is 2.33. The number of hydrogen-bond acceptors (Lipinski definition) is 4. The van der Waals surface area contributed by atoms with Crippen molar-refractivity contribution in [3.8, 4) is 0 Å². The predicted octanol–water partition coefficient (Wildman–Crippen LogP) is 3.60. The standard InChI is InChI=1S/C20H32O5/c1-2-3-4-5-6-8-11-16-13-14-18(21)17(16)12-9-7-10-15-20(24,25)19(22)23/h7-9,11,16-17,24-25H,2-6,10,12-15H2,1H3,(H,22,23)/b9-7-,11-8+/t16-,17+/m0/s1. The van der Waals surface area contributed by atoms with Crippen molar-refractivity contribution in [3.05, 3.63) is 24.3 Å². The van der Waals surface area contributed by atoms with Crippen LogP contribution in [0, 0.1) is 11.8 Å². The molecule has 0 unspecified atom stereocenters. The number of hydrogen-bond donors (Lipinski definition) is 3. The van der Waals surface area contributed by atoms with Crippen molar-refractivity contribution >= 4 is 11.8 Å². The minimum Gasteiger partial charge on any atom is -0.477 e. The molecule has 0 aromatic carbocycles. The summed E-state index contributed by atoms with van der Waals surface area (Å²) in [6, 6.07) is 0. The third-order valence-electron chi connectivity index (χ3n) is 4.82. The van der Waals surface area contributed by atoms with Crippen LogP contribution in [-0.4, -0.2) is 32.9 Å². The lowest BCUT2D eigenvalue weighted by atomic mass is 9.91. The summed E-state index contributed by atoms with van der Waals surface area (Å²) in [5.41, 5.74) is 0. The van der Waals surface area contributed by atoms with Crippen LogP contribution in [0.5, 0.6) is 0 Å². The van der Waals surface area contributed by atoms with Crippen LogP contribution in [0.2, 0.25) is 0 Å². The zero-order valence-electron chi connectivity index (χ0n) is 15.2. The second kappa shape index (κ2) is 11.2. The molecule has 5 nitrogen and oxygen atoms in total. The van der Waals surface area contributed by atoms with Crippen LogP contribution < -0.4 is 0 Å². The third-order valence-corrected chi connectivity index (χ3v) is 4.82. The van der Waals surface area contributed by atoms with E-state index in [-0.39, 0.29) is 30.5 Å². The molecule has 0 radical (unpaired) electrons. The number of carbonyl (C=O) groups is 2. The average molecular weight is 352 g/mol. The second-order valence-corrected chi connectivity index (χ2v) is 6.92. The molecule has 0 spiro atoms. The van der Waals surface area contributed by atoms with Crippen molar-refractivity contribution in [2.24, 2.45) is 11.8 Å². The Morgan fingerprint density at radius 2 is 1.92 bits per heavy atom. The van der Waals surface area contributed by atoms with Crippen molar-refractivity contribution in [2.45, 2.75) is 76.9 Å². The molecule has 0 heterocycles. The Labute approximate surface area is 150 Å². The van der Waals surface area contributed by atoms with Crippen LogP contribution in [0.1, 0.15) is 71.1 Å². The minimum absolute atomic E-state index is 0.00405. The molecule has 0 aromatic rings. The van der Waals surface area contributed by atoms with Gasteiger partial charge in [0, 0.05) is 18.8 Å². The monoisotopic (exact) mass is 352 g/mol. The summed E-state index contributed by atoms with van der Waals surface area (Å²) < 4.78 is 0. The van der Waals surface area contributed by atoms with Crippen LogP contribution in [0.15, 0.2) is 24.3 Å². The molecular formula is C20H32O5.